The lowest BCUT2D eigenvalue weighted by atomic mass is 9.93. The molecule has 11 heteroatoms. The number of carbonyl (C=O) groups is 1. The van der Waals surface area contributed by atoms with Crippen LogP contribution in [0, 0.1) is 5.41 Å². The van der Waals surface area contributed by atoms with Crippen LogP contribution in [0.15, 0.2) is 26.5 Å². The average Bonchev–Trinajstić information content (AvgIpc) is 2.48. The van der Waals surface area contributed by atoms with E-state index in [0.717, 1.165) is 0 Å². The fourth-order valence-corrected chi connectivity index (χ4v) is 1.03. The zero-order valence-electron chi connectivity index (χ0n) is 12.4. The van der Waals surface area contributed by atoms with Crippen LogP contribution in [-0.4, -0.2) is 62.7 Å². The van der Waals surface area contributed by atoms with Gasteiger partial charge in [-0.05, 0) is 6.92 Å². The van der Waals surface area contributed by atoms with Gasteiger partial charge in [0.2, 0.25) is 0 Å². The summed E-state index contributed by atoms with van der Waals surface area (Å²) < 4.78 is 4.72. The molecule has 6 N–H and O–H groups in total. The average molecular weight is 333 g/mol. The maximum absolute atomic E-state index is 11.0. The van der Waals surface area contributed by atoms with Crippen LogP contribution in [0.5, 0.6) is 0 Å². The molecule has 1 heterocycles. The number of aliphatic hydroxyl groups is 3. The molecule has 130 valence electrons. The second-order valence-electron chi connectivity index (χ2n) is 4.69. The van der Waals surface area contributed by atoms with Gasteiger partial charge in [-0.15, -0.1) is 0 Å². The molecule has 0 bridgehead atoms. The van der Waals surface area contributed by atoms with Gasteiger partial charge in [-0.25, -0.2) is 19.2 Å². The quantitative estimate of drug-likeness (QED) is 0.232. The molecule has 0 saturated carbocycles. The Hall–Kier alpha value is -2.50. The van der Waals surface area contributed by atoms with E-state index in [1.165, 1.54) is 6.92 Å². The first-order chi connectivity index (χ1) is 10.7. The highest BCUT2D eigenvalue weighted by molar-refractivity contribution is 5.86. The fourth-order valence-electron chi connectivity index (χ4n) is 1.03. The van der Waals surface area contributed by atoms with E-state index in [1.54, 1.807) is 15.0 Å². The minimum atomic E-state index is -1.18. The highest BCUT2D eigenvalue weighted by Crippen LogP contribution is 2.15. The van der Waals surface area contributed by atoms with Gasteiger partial charge in [0.05, 0.1) is 25.2 Å². The highest BCUT2D eigenvalue weighted by atomic mass is 16.5. The predicted octanol–water partition coefficient (Wildman–Crippen LogP) is -3.18. The zero-order valence-corrected chi connectivity index (χ0v) is 12.4. The number of rotatable bonds is 6. The third-order valence-electron chi connectivity index (χ3n) is 2.55. The minimum Gasteiger partial charge on any atom is -0.461 e. The first-order valence-corrected chi connectivity index (χ1v) is 6.28. The normalized spacial score (nSPS) is 10.4. The number of aromatic amines is 3. The van der Waals surface area contributed by atoms with Gasteiger partial charge in [0.1, 0.15) is 6.61 Å². The van der Waals surface area contributed by atoms with Crippen LogP contribution in [0.4, 0.5) is 0 Å². The van der Waals surface area contributed by atoms with Crippen LogP contribution < -0.4 is 17.1 Å². The number of carbonyl (C=O) groups excluding carboxylic acids is 1. The van der Waals surface area contributed by atoms with E-state index in [0.29, 0.717) is 0 Å². The number of hydrogen-bond donors (Lipinski definition) is 6. The molecule has 0 spiro atoms. The van der Waals surface area contributed by atoms with Crippen LogP contribution in [-0.2, 0) is 9.53 Å². The van der Waals surface area contributed by atoms with Crippen molar-refractivity contribution in [3.8, 4) is 0 Å². The van der Waals surface area contributed by atoms with E-state index in [9.17, 15) is 19.2 Å². The summed E-state index contributed by atoms with van der Waals surface area (Å²) in [5.41, 5.74) is -3.35. The Morgan fingerprint density at radius 2 is 1.35 bits per heavy atom. The molecule has 0 unspecified atom stereocenters. The Kier molecular flexibility index (Phi) is 8.47. The first-order valence-electron chi connectivity index (χ1n) is 6.28. The monoisotopic (exact) mass is 333 g/mol. The SMILES string of the molecule is C=C(C)C(=O)OCC(CO)(CO)CO.O=c1[nH]c(=O)[nH]c(=O)[nH]1. The van der Waals surface area contributed by atoms with Crippen molar-refractivity contribution < 1.29 is 24.9 Å². The van der Waals surface area contributed by atoms with Crippen molar-refractivity contribution >= 4 is 5.97 Å². The van der Waals surface area contributed by atoms with Crippen molar-refractivity contribution in [1.29, 1.82) is 0 Å². The van der Waals surface area contributed by atoms with Crippen molar-refractivity contribution in [2.45, 2.75) is 6.92 Å². The van der Waals surface area contributed by atoms with Gasteiger partial charge < -0.3 is 20.1 Å². The van der Waals surface area contributed by atoms with E-state index in [1.807, 2.05) is 0 Å². The molecule has 0 atom stereocenters. The molecule has 1 aromatic heterocycles. The van der Waals surface area contributed by atoms with E-state index < -0.39 is 48.3 Å². The molecular weight excluding hydrogens is 314 g/mol. The Morgan fingerprint density at radius 3 is 1.61 bits per heavy atom. The molecular formula is C12H19N3O8. The molecule has 0 aromatic carbocycles. The Labute approximate surface area is 129 Å². The molecule has 0 aliphatic carbocycles. The van der Waals surface area contributed by atoms with Crippen molar-refractivity contribution in [2.24, 2.45) is 5.41 Å². The molecule has 0 saturated heterocycles. The number of aliphatic hydroxyl groups excluding tert-OH is 3. The number of hydrogen-bond acceptors (Lipinski definition) is 8. The number of nitrogens with one attached hydrogen (secondary N) is 3. The van der Waals surface area contributed by atoms with E-state index in [4.69, 9.17) is 20.1 Å². The Balaban J connectivity index is 0.000000459. The van der Waals surface area contributed by atoms with Gasteiger partial charge in [-0.1, -0.05) is 6.58 Å². The van der Waals surface area contributed by atoms with Gasteiger partial charge in [0.25, 0.3) is 0 Å². The van der Waals surface area contributed by atoms with Gasteiger partial charge in [-0.3, -0.25) is 15.0 Å². The summed E-state index contributed by atoms with van der Waals surface area (Å²) in [6, 6.07) is 0. The molecule has 1 rings (SSSR count). The topological polar surface area (TPSA) is 186 Å². The number of aromatic nitrogens is 3. The summed E-state index contributed by atoms with van der Waals surface area (Å²) >= 11 is 0. The molecule has 0 amide bonds. The lowest BCUT2D eigenvalue weighted by molar-refractivity contribution is -0.146. The lowest BCUT2D eigenvalue weighted by Gasteiger charge is -2.26. The zero-order chi connectivity index (χ0) is 18.0. The fraction of sp³-hybridized carbons (Fsp3) is 0.500. The first kappa shape index (κ1) is 20.5. The third-order valence-corrected chi connectivity index (χ3v) is 2.55. The predicted molar refractivity (Wildman–Crippen MR) is 77.8 cm³/mol. The molecule has 1 aromatic rings. The van der Waals surface area contributed by atoms with E-state index in [-0.39, 0.29) is 12.2 Å². The second kappa shape index (κ2) is 9.50. The summed E-state index contributed by atoms with van der Waals surface area (Å²) in [7, 11) is 0. The molecule has 23 heavy (non-hydrogen) atoms. The van der Waals surface area contributed by atoms with Crippen LogP contribution >= 0.6 is 0 Å². The van der Waals surface area contributed by atoms with E-state index in [2.05, 4.69) is 6.58 Å². The van der Waals surface area contributed by atoms with Crippen LogP contribution in [0.2, 0.25) is 0 Å². The van der Waals surface area contributed by atoms with Crippen LogP contribution in [0.25, 0.3) is 0 Å². The summed E-state index contributed by atoms with van der Waals surface area (Å²) in [6.45, 7) is 3.26. The Morgan fingerprint density at radius 1 is 1.00 bits per heavy atom. The smallest absolute Gasteiger partial charge is 0.333 e. The molecule has 0 radical (unpaired) electrons. The summed E-state index contributed by atoms with van der Waals surface area (Å²) in [4.78, 5) is 46.9. The number of ether oxygens (including phenoxy) is 1. The maximum Gasteiger partial charge on any atom is 0.333 e. The van der Waals surface area contributed by atoms with Gasteiger partial charge >= 0.3 is 23.0 Å². The van der Waals surface area contributed by atoms with E-state index >= 15 is 0 Å². The number of esters is 1. The molecule has 0 aliphatic heterocycles. The standard InChI is InChI=1S/C9H16O5.C3H3N3O3/c1-7(2)8(13)14-6-9(3-10,4-11)5-12;7-1-4-2(8)6-3(9)5-1/h10-12H,1,3-6H2,2H3;(H3,4,5,6,7,8,9). The highest BCUT2D eigenvalue weighted by Gasteiger charge is 2.30. The second-order valence-corrected chi connectivity index (χ2v) is 4.69. The van der Waals surface area contributed by atoms with Gasteiger partial charge in [-0.2, -0.15) is 0 Å². The van der Waals surface area contributed by atoms with Crippen molar-refractivity contribution in [3.05, 3.63) is 43.6 Å². The molecule has 0 fully saturated rings. The lowest BCUT2D eigenvalue weighted by Crippen LogP contribution is -2.39. The Bertz CT molecular complexity index is 596. The number of H-pyrrole nitrogens is 3. The minimum absolute atomic E-state index is 0.229. The summed E-state index contributed by atoms with van der Waals surface area (Å²) in [5, 5.41) is 26.7. The van der Waals surface area contributed by atoms with Gasteiger partial charge in [0, 0.05) is 5.57 Å². The van der Waals surface area contributed by atoms with Crippen molar-refractivity contribution in [2.75, 3.05) is 26.4 Å². The van der Waals surface area contributed by atoms with Gasteiger partial charge in [0.15, 0.2) is 0 Å². The molecule has 11 nitrogen and oxygen atoms in total. The maximum atomic E-state index is 11.0. The van der Waals surface area contributed by atoms with Crippen LogP contribution in [0.3, 0.4) is 0 Å². The van der Waals surface area contributed by atoms with Crippen LogP contribution in [0.1, 0.15) is 6.92 Å². The summed E-state index contributed by atoms with van der Waals surface area (Å²) in [6.07, 6.45) is 0. The van der Waals surface area contributed by atoms with Crippen molar-refractivity contribution in [1.82, 2.24) is 15.0 Å². The van der Waals surface area contributed by atoms with Crippen molar-refractivity contribution in [3.63, 3.8) is 0 Å². The molecule has 0 aliphatic rings. The largest absolute Gasteiger partial charge is 0.461 e. The summed E-state index contributed by atoms with van der Waals surface area (Å²) in [5.74, 6) is -0.607. The third kappa shape index (κ3) is 7.35.